The molecule has 0 saturated carbocycles. The fourth-order valence-electron chi connectivity index (χ4n) is 2.19. The highest BCUT2D eigenvalue weighted by Crippen LogP contribution is 2.30. The predicted molar refractivity (Wildman–Crippen MR) is 85.1 cm³/mol. The molecule has 0 aliphatic carbocycles. The number of rotatable bonds is 3. The van der Waals surface area contributed by atoms with Gasteiger partial charge in [0.15, 0.2) is 5.78 Å². The van der Waals surface area contributed by atoms with Gasteiger partial charge in [0.05, 0.1) is 12.7 Å². The summed E-state index contributed by atoms with van der Waals surface area (Å²) in [7, 11) is 1.57. The molecule has 0 atom stereocenters. The van der Waals surface area contributed by atoms with E-state index in [1.807, 2.05) is 26.0 Å². The van der Waals surface area contributed by atoms with Crippen molar-refractivity contribution in [3.63, 3.8) is 0 Å². The Morgan fingerprint density at radius 1 is 1.20 bits per heavy atom. The van der Waals surface area contributed by atoms with Gasteiger partial charge < -0.3 is 4.74 Å². The second-order valence-corrected chi connectivity index (χ2v) is 5.90. The van der Waals surface area contributed by atoms with Crippen molar-refractivity contribution in [1.29, 1.82) is 0 Å². The van der Waals surface area contributed by atoms with Gasteiger partial charge in [-0.05, 0) is 49.2 Å². The number of carbonyl (C=O) groups excluding carboxylic acids is 1. The molecule has 2 aromatic carbocycles. The standard InChI is InChI=1S/C16H14BrClO2/c1-9-6-10(2)15(14(7-9)20-3)16(19)12-8-11(18)4-5-13(12)17/h4-8H,1-3H3. The molecule has 0 unspecified atom stereocenters. The van der Waals surface area contributed by atoms with Gasteiger partial charge in [-0.2, -0.15) is 0 Å². The molecule has 20 heavy (non-hydrogen) atoms. The zero-order chi connectivity index (χ0) is 14.9. The van der Waals surface area contributed by atoms with Crippen molar-refractivity contribution in [1.82, 2.24) is 0 Å². The lowest BCUT2D eigenvalue weighted by Gasteiger charge is -2.13. The van der Waals surface area contributed by atoms with Gasteiger partial charge in [0, 0.05) is 15.1 Å². The Labute approximate surface area is 131 Å². The van der Waals surface area contributed by atoms with E-state index in [4.69, 9.17) is 16.3 Å². The summed E-state index contributed by atoms with van der Waals surface area (Å²) in [6.45, 7) is 3.88. The van der Waals surface area contributed by atoms with E-state index < -0.39 is 0 Å². The van der Waals surface area contributed by atoms with Crippen molar-refractivity contribution in [2.24, 2.45) is 0 Å². The molecular formula is C16H14BrClO2. The summed E-state index contributed by atoms with van der Waals surface area (Å²) in [6, 6.07) is 8.99. The summed E-state index contributed by atoms with van der Waals surface area (Å²) in [5, 5.41) is 0.528. The van der Waals surface area contributed by atoms with Crippen LogP contribution in [0, 0.1) is 13.8 Å². The van der Waals surface area contributed by atoms with Gasteiger partial charge in [-0.3, -0.25) is 4.79 Å². The lowest BCUT2D eigenvalue weighted by molar-refractivity contribution is 0.103. The third kappa shape index (κ3) is 2.89. The van der Waals surface area contributed by atoms with Gasteiger partial charge >= 0.3 is 0 Å². The maximum Gasteiger partial charge on any atom is 0.198 e. The molecule has 0 amide bonds. The first kappa shape index (κ1) is 15.1. The number of methoxy groups -OCH3 is 1. The molecule has 0 saturated heterocycles. The third-order valence-electron chi connectivity index (χ3n) is 3.06. The predicted octanol–water partition coefficient (Wildman–Crippen LogP) is 4.96. The number of carbonyl (C=O) groups is 1. The first-order valence-corrected chi connectivity index (χ1v) is 7.26. The quantitative estimate of drug-likeness (QED) is 0.729. The van der Waals surface area contributed by atoms with Crippen LogP contribution in [0.15, 0.2) is 34.8 Å². The molecule has 0 spiro atoms. The van der Waals surface area contributed by atoms with E-state index >= 15 is 0 Å². The summed E-state index contributed by atoms with van der Waals surface area (Å²) >= 11 is 9.38. The smallest absolute Gasteiger partial charge is 0.198 e. The minimum absolute atomic E-state index is 0.103. The average molecular weight is 354 g/mol. The van der Waals surface area contributed by atoms with E-state index in [0.29, 0.717) is 26.4 Å². The Morgan fingerprint density at radius 2 is 1.90 bits per heavy atom. The zero-order valence-corrected chi connectivity index (χ0v) is 13.8. The SMILES string of the molecule is COc1cc(C)cc(C)c1C(=O)c1cc(Cl)ccc1Br. The molecule has 4 heteroatoms. The second-order valence-electron chi connectivity index (χ2n) is 4.61. The van der Waals surface area contributed by atoms with Gasteiger partial charge in [0.1, 0.15) is 5.75 Å². The maximum atomic E-state index is 12.8. The molecule has 0 aliphatic heterocycles. The highest BCUT2D eigenvalue weighted by Gasteiger charge is 2.20. The van der Waals surface area contributed by atoms with Crippen LogP contribution in [0.1, 0.15) is 27.0 Å². The monoisotopic (exact) mass is 352 g/mol. The van der Waals surface area contributed by atoms with Crippen molar-refractivity contribution in [2.45, 2.75) is 13.8 Å². The first-order valence-electron chi connectivity index (χ1n) is 6.09. The zero-order valence-electron chi connectivity index (χ0n) is 11.5. The normalized spacial score (nSPS) is 10.4. The van der Waals surface area contributed by atoms with Gasteiger partial charge in [-0.25, -0.2) is 0 Å². The van der Waals surface area contributed by atoms with E-state index in [-0.39, 0.29) is 5.78 Å². The Hall–Kier alpha value is -1.32. The molecule has 2 rings (SSSR count). The number of ether oxygens (including phenoxy) is 1. The van der Waals surface area contributed by atoms with E-state index in [1.165, 1.54) is 0 Å². The second kappa shape index (κ2) is 5.98. The molecule has 0 fully saturated rings. The summed E-state index contributed by atoms with van der Waals surface area (Å²) in [4.78, 5) is 12.8. The van der Waals surface area contributed by atoms with Crippen LogP contribution in [-0.2, 0) is 0 Å². The highest BCUT2D eigenvalue weighted by molar-refractivity contribution is 9.10. The summed E-state index contributed by atoms with van der Waals surface area (Å²) in [5.41, 5.74) is 3.05. The molecule has 2 nitrogen and oxygen atoms in total. The molecule has 0 N–H and O–H groups in total. The minimum Gasteiger partial charge on any atom is -0.496 e. The van der Waals surface area contributed by atoms with Gasteiger partial charge in [-0.1, -0.05) is 33.6 Å². The lowest BCUT2D eigenvalue weighted by atomic mass is 9.96. The summed E-state index contributed by atoms with van der Waals surface area (Å²) in [5.74, 6) is 0.480. The van der Waals surface area contributed by atoms with E-state index in [1.54, 1.807) is 25.3 Å². The van der Waals surface area contributed by atoms with Gasteiger partial charge in [-0.15, -0.1) is 0 Å². The number of ketones is 1. The van der Waals surface area contributed by atoms with Crippen molar-refractivity contribution in [3.05, 3.63) is 62.1 Å². The number of hydrogen-bond donors (Lipinski definition) is 0. The fraction of sp³-hybridized carbons (Fsp3) is 0.188. The fourth-order valence-corrected chi connectivity index (χ4v) is 2.79. The number of halogens is 2. The number of benzene rings is 2. The molecule has 0 aromatic heterocycles. The Kier molecular flexibility index (Phi) is 4.51. The van der Waals surface area contributed by atoms with Crippen LogP contribution in [-0.4, -0.2) is 12.9 Å². The Balaban J connectivity index is 2.62. The molecule has 0 heterocycles. The third-order valence-corrected chi connectivity index (χ3v) is 3.99. The summed E-state index contributed by atoms with van der Waals surface area (Å²) < 4.78 is 6.07. The average Bonchev–Trinajstić information content (AvgIpc) is 2.40. The van der Waals surface area contributed by atoms with Crippen molar-refractivity contribution in [2.75, 3.05) is 7.11 Å². The molecule has 0 aliphatic rings. The first-order chi connectivity index (χ1) is 9.43. The van der Waals surface area contributed by atoms with Crippen LogP contribution in [0.4, 0.5) is 0 Å². The van der Waals surface area contributed by atoms with Crippen molar-refractivity contribution in [3.8, 4) is 5.75 Å². The van der Waals surface area contributed by atoms with Crippen LogP contribution in [0.25, 0.3) is 0 Å². The van der Waals surface area contributed by atoms with Crippen LogP contribution < -0.4 is 4.74 Å². The lowest BCUT2D eigenvalue weighted by Crippen LogP contribution is -2.07. The van der Waals surface area contributed by atoms with Crippen molar-refractivity contribution >= 4 is 33.3 Å². The number of hydrogen-bond acceptors (Lipinski definition) is 2. The van der Waals surface area contributed by atoms with Gasteiger partial charge in [0.25, 0.3) is 0 Å². The van der Waals surface area contributed by atoms with Crippen LogP contribution in [0.2, 0.25) is 5.02 Å². The molecule has 104 valence electrons. The maximum absolute atomic E-state index is 12.8. The van der Waals surface area contributed by atoms with Crippen LogP contribution in [0.5, 0.6) is 5.75 Å². The van der Waals surface area contributed by atoms with Gasteiger partial charge in [0.2, 0.25) is 0 Å². The minimum atomic E-state index is -0.103. The number of aryl methyl sites for hydroxylation is 2. The van der Waals surface area contributed by atoms with E-state index in [2.05, 4.69) is 15.9 Å². The van der Waals surface area contributed by atoms with Crippen LogP contribution in [0.3, 0.4) is 0 Å². The van der Waals surface area contributed by atoms with Crippen molar-refractivity contribution < 1.29 is 9.53 Å². The van der Waals surface area contributed by atoms with E-state index in [0.717, 1.165) is 11.1 Å². The highest BCUT2D eigenvalue weighted by atomic mass is 79.9. The molecule has 2 aromatic rings. The topological polar surface area (TPSA) is 26.3 Å². The van der Waals surface area contributed by atoms with E-state index in [9.17, 15) is 4.79 Å². The molecule has 0 radical (unpaired) electrons. The molecular weight excluding hydrogens is 340 g/mol. The Bertz CT molecular complexity index is 680. The summed E-state index contributed by atoms with van der Waals surface area (Å²) in [6.07, 6.45) is 0. The Morgan fingerprint density at radius 3 is 2.55 bits per heavy atom. The molecule has 0 bridgehead atoms. The largest absolute Gasteiger partial charge is 0.496 e. The van der Waals surface area contributed by atoms with Crippen LogP contribution >= 0.6 is 27.5 Å².